The largest absolute Gasteiger partial charge is 0.342 e. The summed E-state index contributed by atoms with van der Waals surface area (Å²) in [6, 6.07) is 0.314. The maximum atomic E-state index is 12.5. The van der Waals surface area contributed by atoms with Crippen LogP contribution in [-0.4, -0.2) is 29.9 Å². The van der Waals surface area contributed by atoms with Crippen LogP contribution in [0.5, 0.6) is 0 Å². The van der Waals surface area contributed by atoms with Crippen LogP contribution in [0.2, 0.25) is 0 Å². The van der Waals surface area contributed by atoms with Gasteiger partial charge in [-0.15, -0.1) is 12.4 Å². The topological polar surface area (TPSA) is 46.3 Å². The average molecular weight is 303 g/mol. The van der Waals surface area contributed by atoms with Crippen molar-refractivity contribution in [3.8, 4) is 0 Å². The van der Waals surface area contributed by atoms with E-state index in [1.165, 1.54) is 32.1 Å². The zero-order chi connectivity index (χ0) is 13.7. The number of piperidine rings is 1. The summed E-state index contributed by atoms with van der Waals surface area (Å²) in [4.78, 5) is 14.5. The van der Waals surface area contributed by atoms with Gasteiger partial charge in [0, 0.05) is 25.0 Å². The van der Waals surface area contributed by atoms with E-state index in [1.807, 2.05) is 0 Å². The molecule has 2 N–H and O–H groups in total. The lowest BCUT2D eigenvalue weighted by molar-refractivity contribution is -0.137. The molecule has 0 unspecified atom stereocenters. The molecule has 0 aromatic rings. The second kappa shape index (κ2) is 8.89. The molecule has 0 bridgehead atoms. The molecule has 4 heteroatoms. The number of hydrogen-bond donors (Lipinski definition) is 1. The Morgan fingerprint density at radius 1 is 1.10 bits per heavy atom. The van der Waals surface area contributed by atoms with Gasteiger partial charge in [-0.1, -0.05) is 26.2 Å². The van der Waals surface area contributed by atoms with Gasteiger partial charge in [0.2, 0.25) is 5.91 Å². The van der Waals surface area contributed by atoms with Gasteiger partial charge in [0.05, 0.1) is 0 Å². The third-order valence-electron chi connectivity index (χ3n) is 5.01. The second-order valence-electron chi connectivity index (χ2n) is 6.52. The number of likely N-dealkylation sites (tertiary alicyclic amines) is 1. The number of carbonyl (C=O) groups excluding carboxylic acids is 1. The normalized spacial score (nSPS) is 28.0. The fourth-order valence-electron chi connectivity index (χ4n) is 3.57. The fraction of sp³-hybridized carbons (Fsp3) is 0.938. The molecule has 2 aliphatic rings. The first-order valence-electron chi connectivity index (χ1n) is 8.25. The number of amides is 1. The zero-order valence-corrected chi connectivity index (χ0v) is 13.7. The van der Waals surface area contributed by atoms with Crippen LogP contribution >= 0.6 is 12.4 Å². The fourth-order valence-corrected chi connectivity index (χ4v) is 3.57. The Hall–Kier alpha value is -0.280. The molecule has 20 heavy (non-hydrogen) atoms. The molecule has 1 aliphatic heterocycles. The van der Waals surface area contributed by atoms with E-state index in [9.17, 15) is 4.79 Å². The molecule has 2 fully saturated rings. The molecule has 3 nitrogen and oxygen atoms in total. The molecule has 1 aliphatic carbocycles. The van der Waals surface area contributed by atoms with Crippen LogP contribution in [-0.2, 0) is 4.79 Å². The van der Waals surface area contributed by atoms with Crippen molar-refractivity contribution in [2.75, 3.05) is 13.1 Å². The standard InChI is InChI=1S/C16H30N2O.ClH/c1-2-3-4-13-5-7-14(8-6-13)16(19)18-11-9-15(17)10-12-18;/h13-15H,2-12,17H2,1H3;1H. The highest BCUT2D eigenvalue weighted by molar-refractivity contribution is 5.85. The SMILES string of the molecule is CCCCC1CCC(C(=O)N2CCC(N)CC2)CC1.Cl. The molecule has 0 radical (unpaired) electrons. The van der Waals surface area contributed by atoms with E-state index in [0.29, 0.717) is 17.9 Å². The van der Waals surface area contributed by atoms with Gasteiger partial charge >= 0.3 is 0 Å². The first-order chi connectivity index (χ1) is 9.20. The smallest absolute Gasteiger partial charge is 0.225 e. The van der Waals surface area contributed by atoms with Crippen molar-refractivity contribution < 1.29 is 4.79 Å². The van der Waals surface area contributed by atoms with Gasteiger partial charge in [-0.2, -0.15) is 0 Å². The molecule has 118 valence electrons. The number of carbonyl (C=O) groups is 1. The van der Waals surface area contributed by atoms with Crippen LogP contribution in [0, 0.1) is 11.8 Å². The van der Waals surface area contributed by atoms with Crippen LogP contribution in [0.4, 0.5) is 0 Å². The molecule has 1 amide bonds. The van der Waals surface area contributed by atoms with Gasteiger partial charge in [0.25, 0.3) is 0 Å². The van der Waals surface area contributed by atoms with E-state index in [1.54, 1.807) is 0 Å². The van der Waals surface area contributed by atoms with Crippen molar-refractivity contribution in [2.24, 2.45) is 17.6 Å². The molecule has 1 heterocycles. The molecule has 1 saturated heterocycles. The number of nitrogens with two attached hydrogens (primary N) is 1. The first-order valence-corrected chi connectivity index (χ1v) is 8.25. The molecule has 0 atom stereocenters. The van der Waals surface area contributed by atoms with Crippen LogP contribution in [0.15, 0.2) is 0 Å². The van der Waals surface area contributed by atoms with Crippen LogP contribution < -0.4 is 5.73 Å². The Morgan fingerprint density at radius 2 is 1.70 bits per heavy atom. The van der Waals surface area contributed by atoms with Crippen LogP contribution in [0.3, 0.4) is 0 Å². The Labute approximate surface area is 130 Å². The summed E-state index contributed by atoms with van der Waals surface area (Å²) < 4.78 is 0. The summed E-state index contributed by atoms with van der Waals surface area (Å²) in [7, 11) is 0. The van der Waals surface area contributed by atoms with Crippen molar-refractivity contribution in [2.45, 2.75) is 70.8 Å². The highest BCUT2D eigenvalue weighted by Crippen LogP contribution is 2.33. The minimum Gasteiger partial charge on any atom is -0.342 e. The summed E-state index contributed by atoms with van der Waals surface area (Å²) in [5.74, 6) is 1.62. The quantitative estimate of drug-likeness (QED) is 0.865. The van der Waals surface area contributed by atoms with Gasteiger partial charge in [0.1, 0.15) is 0 Å². The highest BCUT2D eigenvalue weighted by Gasteiger charge is 2.30. The number of nitrogens with zero attached hydrogens (tertiary/aromatic N) is 1. The Balaban J connectivity index is 0.00000200. The minimum absolute atomic E-state index is 0. The summed E-state index contributed by atoms with van der Waals surface area (Å²) in [5.41, 5.74) is 5.90. The van der Waals surface area contributed by atoms with Crippen molar-refractivity contribution in [3.05, 3.63) is 0 Å². The summed E-state index contributed by atoms with van der Waals surface area (Å²) in [5, 5.41) is 0. The average Bonchev–Trinajstić information content (AvgIpc) is 2.46. The molecular formula is C16H31ClN2O. The highest BCUT2D eigenvalue weighted by atomic mass is 35.5. The van der Waals surface area contributed by atoms with E-state index in [0.717, 1.165) is 44.7 Å². The lowest BCUT2D eigenvalue weighted by atomic mass is 9.79. The molecule has 1 saturated carbocycles. The number of halogens is 1. The zero-order valence-electron chi connectivity index (χ0n) is 12.9. The van der Waals surface area contributed by atoms with Crippen molar-refractivity contribution in [1.29, 1.82) is 0 Å². The second-order valence-corrected chi connectivity index (χ2v) is 6.52. The number of unbranched alkanes of at least 4 members (excludes halogenated alkanes) is 1. The predicted molar refractivity (Wildman–Crippen MR) is 86.0 cm³/mol. The summed E-state index contributed by atoms with van der Waals surface area (Å²) in [6.45, 7) is 4.03. The monoisotopic (exact) mass is 302 g/mol. The Bertz CT molecular complexity index is 282. The lowest BCUT2D eigenvalue weighted by Crippen LogP contribution is -2.45. The molecule has 0 aromatic carbocycles. The van der Waals surface area contributed by atoms with Crippen molar-refractivity contribution in [1.82, 2.24) is 4.90 Å². The third kappa shape index (κ3) is 4.92. The van der Waals surface area contributed by atoms with E-state index < -0.39 is 0 Å². The van der Waals surface area contributed by atoms with Crippen LogP contribution in [0.25, 0.3) is 0 Å². The maximum Gasteiger partial charge on any atom is 0.225 e. The van der Waals surface area contributed by atoms with Gasteiger partial charge in [-0.05, 0) is 44.4 Å². The van der Waals surface area contributed by atoms with Gasteiger partial charge in [-0.25, -0.2) is 0 Å². The lowest BCUT2D eigenvalue weighted by Gasteiger charge is -2.35. The minimum atomic E-state index is 0. The van der Waals surface area contributed by atoms with Gasteiger partial charge < -0.3 is 10.6 Å². The van der Waals surface area contributed by atoms with Crippen molar-refractivity contribution in [3.63, 3.8) is 0 Å². The summed E-state index contributed by atoms with van der Waals surface area (Å²) in [6.07, 6.45) is 10.8. The number of rotatable bonds is 4. The van der Waals surface area contributed by atoms with E-state index in [-0.39, 0.29) is 12.4 Å². The third-order valence-corrected chi connectivity index (χ3v) is 5.01. The molecule has 0 aromatic heterocycles. The number of hydrogen-bond acceptors (Lipinski definition) is 2. The van der Waals surface area contributed by atoms with Gasteiger partial charge in [-0.3, -0.25) is 4.79 Å². The molecular weight excluding hydrogens is 272 g/mol. The van der Waals surface area contributed by atoms with Gasteiger partial charge in [0.15, 0.2) is 0 Å². The Morgan fingerprint density at radius 3 is 2.25 bits per heavy atom. The van der Waals surface area contributed by atoms with E-state index in [2.05, 4.69) is 11.8 Å². The molecule has 2 rings (SSSR count). The summed E-state index contributed by atoms with van der Waals surface area (Å²) >= 11 is 0. The molecule has 0 spiro atoms. The van der Waals surface area contributed by atoms with E-state index in [4.69, 9.17) is 5.73 Å². The maximum absolute atomic E-state index is 12.5. The van der Waals surface area contributed by atoms with Crippen molar-refractivity contribution >= 4 is 18.3 Å². The van der Waals surface area contributed by atoms with Crippen LogP contribution in [0.1, 0.15) is 64.7 Å². The predicted octanol–water partition coefficient (Wildman–Crippen LogP) is 3.35. The first kappa shape index (κ1) is 17.8. The van der Waals surface area contributed by atoms with E-state index >= 15 is 0 Å². The Kier molecular flexibility index (Phi) is 7.90.